The van der Waals surface area contributed by atoms with Gasteiger partial charge in [0.2, 0.25) is 0 Å². The SMILES string of the molecule is Cn1cncc1[B-](F)(F)F.[K+]. The molecule has 1 aromatic rings. The fraction of sp³-hybridized carbons (Fsp3) is 0.250. The average molecular weight is 188 g/mol. The summed E-state index contributed by atoms with van der Waals surface area (Å²) in [7, 11) is 1.32. The van der Waals surface area contributed by atoms with Crippen LogP contribution in [0.1, 0.15) is 0 Å². The summed E-state index contributed by atoms with van der Waals surface area (Å²) < 4.78 is 36.6. The number of nitrogens with zero attached hydrogens (tertiary/aromatic N) is 2. The molecule has 0 aliphatic carbocycles. The zero-order valence-corrected chi connectivity index (χ0v) is 9.38. The number of hydrogen-bond donors (Lipinski definition) is 0. The molecule has 0 fully saturated rings. The van der Waals surface area contributed by atoms with Crippen LogP contribution in [-0.2, 0) is 7.05 Å². The van der Waals surface area contributed by atoms with Gasteiger partial charge < -0.3 is 17.5 Å². The summed E-state index contributed by atoms with van der Waals surface area (Å²) in [5.41, 5.74) is -0.667. The van der Waals surface area contributed by atoms with Crippen molar-refractivity contribution in [1.82, 2.24) is 9.55 Å². The number of hydrogen-bond acceptors (Lipinski definition) is 1. The molecule has 1 aromatic heterocycles. The van der Waals surface area contributed by atoms with Gasteiger partial charge in [0.25, 0.3) is 0 Å². The van der Waals surface area contributed by atoms with Crippen LogP contribution >= 0.6 is 0 Å². The van der Waals surface area contributed by atoms with Crippen LogP contribution in [0.5, 0.6) is 0 Å². The molecular weight excluding hydrogens is 183 g/mol. The quantitative estimate of drug-likeness (QED) is 0.444. The first kappa shape index (κ1) is 11.7. The summed E-state index contributed by atoms with van der Waals surface area (Å²) in [5.74, 6) is 0. The van der Waals surface area contributed by atoms with Crippen molar-refractivity contribution in [1.29, 1.82) is 0 Å². The van der Waals surface area contributed by atoms with Crippen LogP contribution in [0, 0.1) is 0 Å². The largest absolute Gasteiger partial charge is 1.00 e. The van der Waals surface area contributed by atoms with Crippen LogP contribution in [0.25, 0.3) is 0 Å². The van der Waals surface area contributed by atoms with Crippen molar-refractivity contribution in [2.75, 3.05) is 0 Å². The van der Waals surface area contributed by atoms with Gasteiger partial charge in [-0.05, 0) is 5.59 Å². The molecule has 0 aliphatic rings. The number of aromatic nitrogens is 2. The predicted octanol–water partition coefficient (Wildman–Crippen LogP) is -2.52. The maximum Gasteiger partial charge on any atom is 1.00 e. The summed E-state index contributed by atoms with van der Waals surface area (Å²) >= 11 is 0. The molecule has 0 saturated carbocycles. The summed E-state index contributed by atoms with van der Waals surface area (Å²) in [5, 5.41) is 0. The second-order valence-electron chi connectivity index (χ2n) is 2.00. The molecule has 0 radical (unpaired) electrons. The Bertz CT molecular complexity index is 233. The van der Waals surface area contributed by atoms with Gasteiger partial charge in [0.15, 0.2) is 0 Å². The second-order valence-corrected chi connectivity index (χ2v) is 2.00. The molecule has 0 aliphatic heterocycles. The maximum absolute atomic E-state index is 11.9. The Hall–Kier alpha value is 0.701. The van der Waals surface area contributed by atoms with Crippen LogP contribution < -0.4 is 57.0 Å². The van der Waals surface area contributed by atoms with Gasteiger partial charge in [-0.1, -0.05) is 0 Å². The smallest absolute Gasteiger partial charge is 0.444 e. The van der Waals surface area contributed by atoms with E-state index in [0.29, 0.717) is 0 Å². The zero-order valence-electron chi connectivity index (χ0n) is 6.26. The molecular formula is C4H5BF3KN2. The van der Waals surface area contributed by atoms with E-state index in [2.05, 4.69) is 4.98 Å². The van der Waals surface area contributed by atoms with E-state index in [9.17, 15) is 12.9 Å². The molecule has 0 spiro atoms. The number of halogens is 3. The fourth-order valence-corrected chi connectivity index (χ4v) is 0.683. The minimum absolute atomic E-state index is 0. The topological polar surface area (TPSA) is 17.8 Å². The summed E-state index contributed by atoms with van der Waals surface area (Å²) in [6.45, 7) is -4.89. The first-order valence-corrected chi connectivity index (χ1v) is 2.68. The summed E-state index contributed by atoms with van der Waals surface area (Å²) in [4.78, 5) is 3.35. The van der Waals surface area contributed by atoms with Crippen LogP contribution in [0.2, 0.25) is 0 Å². The third-order valence-corrected chi connectivity index (χ3v) is 1.19. The molecule has 7 heteroatoms. The number of rotatable bonds is 1. The molecule has 11 heavy (non-hydrogen) atoms. The average Bonchev–Trinajstić information content (AvgIpc) is 2.11. The Labute approximate surface area is 105 Å². The van der Waals surface area contributed by atoms with E-state index in [1.165, 1.54) is 7.05 Å². The number of aryl methyl sites for hydroxylation is 1. The van der Waals surface area contributed by atoms with E-state index in [0.717, 1.165) is 17.1 Å². The van der Waals surface area contributed by atoms with Gasteiger partial charge in [-0.15, -0.1) is 0 Å². The molecule has 1 heterocycles. The molecule has 0 amide bonds. The van der Waals surface area contributed by atoms with Crippen LogP contribution in [-0.4, -0.2) is 16.5 Å². The van der Waals surface area contributed by atoms with E-state index < -0.39 is 12.6 Å². The Balaban J connectivity index is 0.000001000. The van der Waals surface area contributed by atoms with Gasteiger partial charge in [0, 0.05) is 13.2 Å². The van der Waals surface area contributed by atoms with Gasteiger partial charge in [-0.3, -0.25) is 0 Å². The van der Waals surface area contributed by atoms with Gasteiger partial charge >= 0.3 is 58.4 Å². The third kappa shape index (κ3) is 2.90. The monoisotopic (exact) mass is 188 g/mol. The second kappa shape index (κ2) is 4.09. The number of imidazole rings is 1. The third-order valence-electron chi connectivity index (χ3n) is 1.19. The molecule has 0 unspecified atom stereocenters. The molecule has 0 N–H and O–H groups in total. The van der Waals surface area contributed by atoms with Crippen LogP contribution in [0.15, 0.2) is 12.5 Å². The molecule has 56 valence electrons. The molecule has 2 nitrogen and oxygen atoms in total. The van der Waals surface area contributed by atoms with Crippen molar-refractivity contribution < 1.29 is 64.3 Å². The molecule has 1 rings (SSSR count). The molecule has 0 bridgehead atoms. The first-order chi connectivity index (χ1) is 4.52. The molecule has 0 saturated heterocycles. The first-order valence-electron chi connectivity index (χ1n) is 2.68. The van der Waals surface area contributed by atoms with Gasteiger partial charge in [0.05, 0.1) is 6.33 Å². The van der Waals surface area contributed by atoms with E-state index >= 15 is 0 Å². The van der Waals surface area contributed by atoms with E-state index in [1.54, 1.807) is 0 Å². The van der Waals surface area contributed by atoms with Crippen molar-refractivity contribution in [2.24, 2.45) is 7.05 Å². The standard InChI is InChI=1S/C4H5BF3N2.K/c1-10-3-9-2-4(10)5(6,7)8;/h2-3H,1H3;/q-1;+1. The van der Waals surface area contributed by atoms with E-state index in [4.69, 9.17) is 0 Å². The predicted molar refractivity (Wildman–Crippen MR) is 31.9 cm³/mol. The maximum atomic E-state index is 11.9. The normalized spacial score (nSPS) is 10.9. The van der Waals surface area contributed by atoms with Gasteiger partial charge in [-0.2, -0.15) is 0 Å². The Morgan fingerprint density at radius 2 is 2.00 bits per heavy atom. The molecule has 0 aromatic carbocycles. The Morgan fingerprint density at radius 3 is 2.18 bits per heavy atom. The zero-order chi connectivity index (χ0) is 7.78. The fourth-order valence-electron chi connectivity index (χ4n) is 0.683. The van der Waals surface area contributed by atoms with Crippen molar-refractivity contribution in [3.63, 3.8) is 0 Å². The summed E-state index contributed by atoms with van der Waals surface area (Å²) in [6, 6.07) is 0. The van der Waals surface area contributed by atoms with Gasteiger partial charge in [0.1, 0.15) is 0 Å². The molecule has 0 atom stereocenters. The van der Waals surface area contributed by atoms with Crippen LogP contribution in [0.3, 0.4) is 0 Å². The van der Waals surface area contributed by atoms with Crippen molar-refractivity contribution in [3.05, 3.63) is 12.5 Å². The Morgan fingerprint density at radius 1 is 1.45 bits per heavy atom. The minimum Gasteiger partial charge on any atom is -0.444 e. The Kier molecular flexibility index (Phi) is 4.35. The van der Waals surface area contributed by atoms with Crippen LogP contribution in [0.4, 0.5) is 12.9 Å². The summed E-state index contributed by atoms with van der Waals surface area (Å²) in [6.07, 6.45) is 1.95. The van der Waals surface area contributed by atoms with Gasteiger partial charge in [-0.25, -0.2) is 4.98 Å². The minimum atomic E-state index is -4.89. The van der Waals surface area contributed by atoms with E-state index in [-0.39, 0.29) is 51.4 Å². The van der Waals surface area contributed by atoms with Crippen molar-refractivity contribution >= 4 is 12.6 Å². The van der Waals surface area contributed by atoms with Crippen molar-refractivity contribution in [2.45, 2.75) is 0 Å². The van der Waals surface area contributed by atoms with E-state index in [1.807, 2.05) is 0 Å². The van der Waals surface area contributed by atoms with Crippen molar-refractivity contribution in [3.8, 4) is 0 Å².